The van der Waals surface area contributed by atoms with Crippen LogP contribution < -0.4 is 0 Å². The van der Waals surface area contributed by atoms with Gasteiger partial charge in [0.05, 0.1) is 13.2 Å². The summed E-state index contributed by atoms with van der Waals surface area (Å²) in [7, 11) is 0. The maximum atomic E-state index is 10.9. The zero-order chi connectivity index (χ0) is 10.1. The molecule has 0 heterocycles. The number of allylic oxidation sites excluding steroid dienone is 1. The van der Waals surface area contributed by atoms with Crippen LogP contribution in [0.5, 0.6) is 0 Å². The zero-order valence-electron chi connectivity index (χ0n) is 8.04. The van der Waals surface area contributed by atoms with Gasteiger partial charge in [0, 0.05) is 0 Å². The van der Waals surface area contributed by atoms with Crippen LogP contribution in [-0.4, -0.2) is 19.2 Å². The summed E-state index contributed by atoms with van der Waals surface area (Å²) in [5.74, 6) is -0.410. The number of rotatable bonds is 7. The van der Waals surface area contributed by atoms with E-state index in [0.717, 1.165) is 12.8 Å². The summed E-state index contributed by atoms with van der Waals surface area (Å²) >= 11 is 0. The first-order chi connectivity index (χ1) is 6.22. The molecule has 0 unspecified atom stereocenters. The zero-order valence-corrected chi connectivity index (χ0v) is 8.04. The Hall–Kier alpha value is -1.25. The predicted octanol–water partition coefficient (Wildman–Crippen LogP) is 2.05. The second kappa shape index (κ2) is 7.40. The van der Waals surface area contributed by atoms with Gasteiger partial charge in [0.25, 0.3) is 0 Å². The minimum Gasteiger partial charge on any atom is -0.487 e. The summed E-state index contributed by atoms with van der Waals surface area (Å²) in [5.41, 5.74) is 0. The third-order valence-electron chi connectivity index (χ3n) is 1.33. The quantitative estimate of drug-likeness (QED) is 0.200. The number of esters is 1. The van der Waals surface area contributed by atoms with Gasteiger partial charge in [-0.25, -0.2) is 4.79 Å². The summed E-state index contributed by atoms with van der Waals surface area (Å²) in [6, 6.07) is 0. The molecule has 0 saturated heterocycles. The van der Waals surface area contributed by atoms with Gasteiger partial charge >= 0.3 is 5.97 Å². The molecule has 0 aromatic rings. The number of hydrogen-bond acceptors (Lipinski definition) is 3. The minimum absolute atomic E-state index is 0.0749. The molecule has 0 aliphatic heterocycles. The highest BCUT2D eigenvalue weighted by Crippen LogP contribution is 2.00. The molecule has 13 heavy (non-hydrogen) atoms. The molecule has 0 spiro atoms. The normalized spacial score (nSPS) is 9.00. The van der Waals surface area contributed by atoms with E-state index in [1.54, 1.807) is 13.0 Å². The van der Waals surface area contributed by atoms with Crippen molar-refractivity contribution in [1.29, 1.82) is 0 Å². The largest absolute Gasteiger partial charge is 0.487 e. The maximum absolute atomic E-state index is 10.9. The van der Waals surface area contributed by atoms with Crippen LogP contribution in [-0.2, 0) is 14.3 Å². The van der Waals surface area contributed by atoms with Crippen LogP contribution in [0.25, 0.3) is 0 Å². The van der Waals surface area contributed by atoms with Gasteiger partial charge in [0.2, 0.25) is 0 Å². The van der Waals surface area contributed by atoms with Gasteiger partial charge < -0.3 is 9.47 Å². The second-order valence-corrected chi connectivity index (χ2v) is 2.42. The molecular formula is C10H16O3. The van der Waals surface area contributed by atoms with Crippen molar-refractivity contribution in [3.05, 3.63) is 25.0 Å². The van der Waals surface area contributed by atoms with Crippen molar-refractivity contribution in [3.63, 3.8) is 0 Å². The Bertz CT molecular complexity index is 185. The number of hydrogen-bond donors (Lipinski definition) is 0. The first kappa shape index (κ1) is 11.8. The third-order valence-corrected chi connectivity index (χ3v) is 1.33. The van der Waals surface area contributed by atoms with E-state index in [0.29, 0.717) is 13.2 Å². The first-order valence-electron chi connectivity index (χ1n) is 4.32. The van der Waals surface area contributed by atoms with Crippen molar-refractivity contribution in [3.8, 4) is 0 Å². The number of unbranched alkanes of at least 4 members (excludes halogenated alkanes) is 1. The van der Waals surface area contributed by atoms with Crippen LogP contribution in [0.2, 0.25) is 0 Å². The lowest BCUT2D eigenvalue weighted by Crippen LogP contribution is -2.09. The van der Waals surface area contributed by atoms with Gasteiger partial charge in [0.1, 0.15) is 0 Å². The van der Waals surface area contributed by atoms with Crippen LogP contribution in [0, 0.1) is 0 Å². The standard InChI is InChI=1S/C10H16O3/c1-4-6-7-8-13-9(3)10(11)12-5-2/h4H,1,3,5-8H2,2H3. The van der Waals surface area contributed by atoms with Gasteiger partial charge in [-0.05, 0) is 26.3 Å². The van der Waals surface area contributed by atoms with Crippen molar-refractivity contribution >= 4 is 5.97 Å². The Morgan fingerprint density at radius 2 is 2.15 bits per heavy atom. The molecule has 0 aromatic heterocycles. The van der Waals surface area contributed by atoms with Gasteiger partial charge in [0.15, 0.2) is 5.76 Å². The monoisotopic (exact) mass is 184 g/mol. The van der Waals surface area contributed by atoms with Gasteiger partial charge in [-0.2, -0.15) is 0 Å². The number of ether oxygens (including phenoxy) is 2. The third kappa shape index (κ3) is 5.96. The topological polar surface area (TPSA) is 35.5 Å². The molecule has 3 heteroatoms. The highest BCUT2D eigenvalue weighted by Gasteiger charge is 2.07. The van der Waals surface area contributed by atoms with E-state index in [9.17, 15) is 4.79 Å². The first-order valence-corrected chi connectivity index (χ1v) is 4.32. The highest BCUT2D eigenvalue weighted by molar-refractivity contribution is 5.85. The average Bonchev–Trinajstić information content (AvgIpc) is 2.12. The Balaban J connectivity index is 3.50. The van der Waals surface area contributed by atoms with E-state index in [-0.39, 0.29) is 5.76 Å². The molecule has 0 bridgehead atoms. The van der Waals surface area contributed by atoms with E-state index in [2.05, 4.69) is 17.9 Å². The van der Waals surface area contributed by atoms with Crippen molar-refractivity contribution in [2.24, 2.45) is 0 Å². The molecule has 0 saturated carbocycles. The number of carbonyl (C=O) groups excluding carboxylic acids is 1. The fraction of sp³-hybridized carbons (Fsp3) is 0.500. The van der Waals surface area contributed by atoms with Crippen LogP contribution in [0.4, 0.5) is 0 Å². The van der Waals surface area contributed by atoms with Crippen LogP contribution >= 0.6 is 0 Å². The SMILES string of the molecule is C=CCCCOC(=C)C(=O)OCC. The lowest BCUT2D eigenvalue weighted by molar-refractivity contribution is -0.142. The minimum atomic E-state index is -0.485. The summed E-state index contributed by atoms with van der Waals surface area (Å²) < 4.78 is 9.72. The molecular weight excluding hydrogens is 168 g/mol. The molecule has 0 aliphatic rings. The molecule has 0 radical (unpaired) electrons. The molecule has 0 aliphatic carbocycles. The molecule has 0 atom stereocenters. The van der Waals surface area contributed by atoms with E-state index < -0.39 is 5.97 Å². The van der Waals surface area contributed by atoms with Crippen molar-refractivity contribution in [2.75, 3.05) is 13.2 Å². The summed E-state index contributed by atoms with van der Waals surface area (Å²) in [5, 5.41) is 0. The van der Waals surface area contributed by atoms with Crippen LogP contribution in [0.15, 0.2) is 25.0 Å². The van der Waals surface area contributed by atoms with E-state index >= 15 is 0 Å². The Morgan fingerprint density at radius 3 is 2.69 bits per heavy atom. The molecule has 0 fully saturated rings. The number of carbonyl (C=O) groups is 1. The smallest absolute Gasteiger partial charge is 0.372 e. The molecule has 0 N–H and O–H groups in total. The fourth-order valence-electron chi connectivity index (χ4n) is 0.694. The maximum Gasteiger partial charge on any atom is 0.372 e. The molecule has 74 valence electrons. The average molecular weight is 184 g/mol. The molecule has 0 aromatic carbocycles. The lowest BCUT2D eigenvalue weighted by atomic mass is 10.3. The van der Waals surface area contributed by atoms with Gasteiger partial charge in [-0.15, -0.1) is 6.58 Å². The summed E-state index contributed by atoms with van der Waals surface area (Å²) in [4.78, 5) is 10.9. The van der Waals surface area contributed by atoms with Crippen molar-refractivity contribution in [2.45, 2.75) is 19.8 Å². The molecule has 0 amide bonds. The van der Waals surface area contributed by atoms with Gasteiger partial charge in [-0.3, -0.25) is 0 Å². The van der Waals surface area contributed by atoms with E-state index in [4.69, 9.17) is 4.74 Å². The van der Waals surface area contributed by atoms with Crippen LogP contribution in [0.3, 0.4) is 0 Å². The van der Waals surface area contributed by atoms with Gasteiger partial charge in [-0.1, -0.05) is 6.08 Å². The van der Waals surface area contributed by atoms with Crippen molar-refractivity contribution < 1.29 is 14.3 Å². The Kier molecular flexibility index (Phi) is 6.69. The lowest BCUT2D eigenvalue weighted by Gasteiger charge is -2.06. The fourth-order valence-corrected chi connectivity index (χ4v) is 0.694. The van der Waals surface area contributed by atoms with Crippen molar-refractivity contribution in [1.82, 2.24) is 0 Å². The Labute approximate surface area is 79.0 Å². The molecule has 3 nitrogen and oxygen atoms in total. The van der Waals surface area contributed by atoms with E-state index in [1.807, 2.05) is 0 Å². The van der Waals surface area contributed by atoms with E-state index in [1.165, 1.54) is 0 Å². The predicted molar refractivity (Wildman–Crippen MR) is 51.2 cm³/mol. The summed E-state index contributed by atoms with van der Waals surface area (Å²) in [6.07, 6.45) is 3.51. The Morgan fingerprint density at radius 1 is 1.46 bits per heavy atom. The highest BCUT2D eigenvalue weighted by atomic mass is 16.6. The molecule has 0 rings (SSSR count). The summed E-state index contributed by atoms with van der Waals surface area (Å²) in [6.45, 7) is 9.58. The second-order valence-electron chi connectivity index (χ2n) is 2.42. The van der Waals surface area contributed by atoms with Crippen LogP contribution in [0.1, 0.15) is 19.8 Å².